The summed E-state index contributed by atoms with van der Waals surface area (Å²) in [5.41, 5.74) is 2.84. The molecule has 0 fully saturated rings. The van der Waals surface area contributed by atoms with Crippen LogP contribution in [-0.2, 0) is 17.7 Å². The second-order valence-electron chi connectivity index (χ2n) is 4.39. The van der Waals surface area contributed by atoms with Crippen LogP contribution < -0.4 is 11.3 Å². The zero-order chi connectivity index (χ0) is 12.7. The molecule has 5 nitrogen and oxygen atoms in total. The maximum absolute atomic E-state index is 5.57. The van der Waals surface area contributed by atoms with Gasteiger partial charge in [-0.05, 0) is 19.8 Å². The van der Waals surface area contributed by atoms with Crippen LogP contribution in [0.15, 0.2) is 12.4 Å². The number of aryl methyl sites for hydroxylation is 1. The van der Waals surface area contributed by atoms with Crippen LogP contribution in [0.3, 0.4) is 0 Å². The minimum absolute atomic E-state index is 0.197. The lowest BCUT2D eigenvalue weighted by atomic mass is 10.1. The Labute approximate surface area is 103 Å². The first kappa shape index (κ1) is 14.2. The topological polar surface area (TPSA) is 65.1 Å². The summed E-state index contributed by atoms with van der Waals surface area (Å²) in [7, 11) is 1.72. The fraction of sp³-hybridized carbons (Fsp3) is 0.750. The number of nitrogens with two attached hydrogens (primary N) is 1. The average Bonchev–Trinajstić information content (AvgIpc) is 2.76. The van der Waals surface area contributed by atoms with Crippen molar-refractivity contribution in [3.8, 4) is 0 Å². The van der Waals surface area contributed by atoms with Crippen molar-refractivity contribution in [2.24, 2.45) is 5.84 Å². The van der Waals surface area contributed by atoms with Crippen molar-refractivity contribution in [2.75, 3.05) is 7.11 Å². The first-order valence-corrected chi connectivity index (χ1v) is 6.20. The van der Waals surface area contributed by atoms with Gasteiger partial charge in [-0.25, -0.2) is 4.98 Å². The number of hydrogen-bond acceptors (Lipinski definition) is 4. The van der Waals surface area contributed by atoms with Gasteiger partial charge in [0.2, 0.25) is 0 Å². The number of nitrogens with zero attached hydrogens (tertiary/aromatic N) is 2. The van der Waals surface area contributed by atoms with E-state index in [-0.39, 0.29) is 12.1 Å². The zero-order valence-corrected chi connectivity index (χ0v) is 11.0. The van der Waals surface area contributed by atoms with Gasteiger partial charge in [-0.1, -0.05) is 6.92 Å². The van der Waals surface area contributed by atoms with E-state index in [4.69, 9.17) is 10.6 Å². The molecule has 0 aliphatic carbocycles. The van der Waals surface area contributed by atoms with Gasteiger partial charge in [-0.3, -0.25) is 11.3 Å². The molecule has 3 N–H and O–H groups in total. The standard InChI is InChI=1S/C12H24N4O/c1-4-6-16-7-5-14-12(16)9-11(15-13)8-10(2)17-3/h5,7,10-11,15H,4,6,8-9,13H2,1-3H3. The van der Waals surface area contributed by atoms with Crippen molar-refractivity contribution < 1.29 is 4.74 Å². The predicted molar refractivity (Wildman–Crippen MR) is 68.4 cm³/mol. The van der Waals surface area contributed by atoms with Gasteiger partial charge in [0.1, 0.15) is 5.82 Å². The van der Waals surface area contributed by atoms with Gasteiger partial charge in [0.05, 0.1) is 6.10 Å². The Kier molecular flexibility index (Phi) is 6.18. The molecule has 5 heteroatoms. The summed E-state index contributed by atoms with van der Waals surface area (Å²) < 4.78 is 7.44. The van der Waals surface area contributed by atoms with Gasteiger partial charge in [-0.15, -0.1) is 0 Å². The molecule has 0 spiro atoms. The van der Waals surface area contributed by atoms with Gasteiger partial charge in [-0.2, -0.15) is 0 Å². The highest BCUT2D eigenvalue weighted by atomic mass is 16.5. The van der Waals surface area contributed by atoms with E-state index >= 15 is 0 Å². The van der Waals surface area contributed by atoms with E-state index in [0.29, 0.717) is 0 Å². The molecule has 17 heavy (non-hydrogen) atoms. The fourth-order valence-corrected chi connectivity index (χ4v) is 1.90. The second kappa shape index (κ2) is 7.42. The fourth-order valence-electron chi connectivity index (χ4n) is 1.90. The molecule has 1 heterocycles. The quantitative estimate of drug-likeness (QED) is 0.527. The maximum Gasteiger partial charge on any atom is 0.110 e. The monoisotopic (exact) mass is 240 g/mol. The molecule has 0 aliphatic rings. The molecule has 0 amide bonds. The van der Waals surface area contributed by atoms with Crippen LogP contribution >= 0.6 is 0 Å². The summed E-state index contributed by atoms with van der Waals surface area (Å²) >= 11 is 0. The van der Waals surface area contributed by atoms with Crippen LogP contribution in [0.2, 0.25) is 0 Å². The van der Waals surface area contributed by atoms with E-state index in [0.717, 1.165) is 31.6 Å². The third kappa shape index (κ3) is 4.46. The first-order valence-electron chi connectivity index (χ1n) is 6.20. The average molecular weight is 240 g/mol. The summed E-state index contributed by atoms with van der Waals surface area (Å²) in [6.45, 7) is 5.21. The molecule has 0 aromatic carbocycles. The molecule has 2 atom stereocenters. The molecule has 1 aromatic heterocycles. The van der Waals surface area contributed by atoms with E-state index in [1.807, 2.05) is 19.3 Å². The van der Waals surface area contributed by atoms with Crippen LogP contribution in [0.4, 0.5) is 0 Å². The lowest BCUT2D eigenvalue weighted by molar-refractivity contribution is 0.100. The number of methoxy groups -OCH3 is 1. The smallest absolute Gasteiger partial charge is 0.110 e. The third-order valence-electron chi connectivity index (χ3n) is 2.95. The van der Waals surface area contributed by atoms with E-state index in [1.54, 1.807) is 7.11 Å². The lowest BCUT2D eigenvalue weighted by Gasteiger charge is -2.19. The predicted octanol–water partition coefficient (Wildman–Crippen LogP) is 1.09. The third-order valence-corrected chi connectivity index (χ3v) is 2.95. The Morgan fingerprint density at radius 2 is 2.35 bits per heavy atom. The number of nitrogens with one attached hydrogen (secondary N) is 1. The molecule has 0 saturated carbocycles. The number of hydrazine groups is 1. The summed E-state index contributed by atoms with van der Waals surface area (Å²) in [4.78, 5) is 4.38. The molecule has 1 aromatic rings. The van der Waals surface area contributed by atoms with Gasteiger partial charge in [0.15, 0.2) is 0 Å². The highest BCUT2D eigenvalue weighted by Gasteiger charge is 2.14. The van der Waals surface area contributed by atoms with E-state index in [2.05, 4.69) is 21.9 Å². The van der Waals surface area contributed by atoms with Crippen molar-refractivity contribution in [3.05, 3.63) is 18.2 Å². The molecule has 0 bridgehead atoms. The Morgan fingerprint density at radius 1 is 1.59 bits per heavy atom. The molecule has 0 saturated heterocycles. The molecular formula is C12H24N4O. The number of ether oxygens (including phenoxy) is 1. The summed E-state index contributed by atoms with van der Waals surface area (Å²) in [5, 5.41) is 0. The summed E-state index contributed by atoms with van der Waals surface area (Å²) in [6.07, 6.45) is 6.89. The van der Waals surface area contributed by atoms with Gasteiger partial charge in [0, 0.05) is 38.5 Å². The molecular weight excluding hydrogens is 216 g/mol. The Morgan fingerprint density at radius 3 is 2.94 bits per heavy atom. The largest absolute Gasteiger partial charge is 0.382 e. The Balaban J connectivity index is 2.57. The van der Waals surface area contributed by atoms with Gasteiger partial charge < -0.3 is 9.30 Å². The van der Waals surface area contributed by atoms with Crippen molar-refractivity contribution in [3.63, 3.8) is 0 Å². The molecule has 2 unspecified atom stereocenters. The minimum Gasteiger partial charge on any atom is -0.382 e. The van der Waals surface area contributed by atoms with Crippen LogP contribution in [0.5, 0.6) is 0 Å². The SMILES string of the molecule is CCCn1ccnc1CC(CC(C)OC)NN. The Hall–Kier alpha value is -0.910. The van der Waals surface area contributed by atoms with Crippen LogP contribution in [0.1, 0.15) is 32.5 Å². The second-order valence-corrected chi connectivity index (χ2v) is 4.39. The number of rotatable bonds is 8. The lowest BCUT2D eigenvalue weighted by Crippen LogP contribution is -2.39. The van der Waals surface area contributed by atoms with Crippen molar-refractivity contribution in [1.82, 2.24) is 15.0 Å². The van der Waals surface area contributed by atoms with Gasteiger partial charge in [0.25, 0.3) is 0 Å². The van der Waals surface area contributed by atoms with Crippen LogP contribution in [-0.4, -0.2) is 28.8 Å². The maximum atomic E-state index is 5.57. The highest BCUT2D eigenvalue weighted by Crippen LogP contribution is 2.08. The number of imidazole rings is 1. The molecule has 98 valence electrons. The Bertz CT molecular complexity index is 313. The van der Waals surface area contributed by atoms with E-state index < -0.39 is 0 Å². The summed E-state index contributed by atoms with van der Waals surface area (Å²) in [6, 6.07) is 0.197. The number of hydrogen-bond donors (Lipinski definition) is 2. The van der Waals surface area contributed by atoms with E-state index in [9.17, 15) is 0 Å². The molecule has 1 rings (SSSR count). The van der Waals surface area contributed by atoms with Crippen LogP contribution in [0, 0.1) is 0 Å². The zero-order valence-electron chi connectivity index (χ0n) is 11.0. The molecule has 0 radical (unpaired) electrons. The number of aromatic nitrogens is 2. The minimum atomic E-state index is 0.197. The van der Waals surface area contributed by atoms with Gasteiger partial charge >= 0.3 is 0 Å². The summed E-state index contributed by atoms with van der Waals surface area (Å²) in [5.74, 6) is 6.66. The van der Waals surface area contributed by atoms with Crippen molar-refractivity contribution >= 4 is 0 Å². The van der Waals surface area contributed by atoms with Crippen LogP contribution in [0.25, 0.3) is 0 Å². The normalized spacial score (nSPS) is 14.8. The first-order chi connectivity index (χ1) is 8.21. The van der Waals surface area contributed by atoms with Crippen molar-refractivity contribution in [2.45, 2.75) is 51.8 Å². The highest BCUT2D eigenvalue weighted by molar-refractivity contribution is 4.95. The van der Waals surface area contributed by atoms with E-state index in [1.165, 1.54) is 0 Å². The van der Waals surface area contributed by atoms with Crippen molar-refractivity contribution in [1.29, 1.82) is 0 Å². The molecule has 0 aliphatic heterocycles.